The predicted molar refractivity (Wildman–Crippen MR) is 234 cm³/mol. The van der Waals surface area contributed by atoms with Crippen LogP contribution in [0.4, 0.5) is 34.1 Å². The molecule has 0 radical (unpaired) electrons. The molecule has 0 bridgehead atoms. The van der Waals surface area contributed by atoms with Crippen LogP contribution in [-0.4, -0.2) is 111 Å². The monoisotopic (exact) mass is 884 g/mol. The number of amides is 1. The molecule has 21 heteroatoms. The summed E-state index contributed by atoms with van der Waals surface area (Å²) >= 11 is 0. The molecule has 21 nitrogen and oxygen atoms in total. The minimum absolute atomic E-state index is 0.0295. The van der Waals surface area contributed by atoms with Gasteiger partial charge in [0, 0.05) is 74.6 Å². The number of unbranched alkanes of at least 4 members (excludes halogenated alkanes) is 1. The molecule has 340 valence electrons. The zero-order valence-electron chi connectivity index (χ0n) is 35.7. The van der Waals surface area contributed by atoms with Gasteiger partial charge in [0.1, 0.15) is 53.0 Å². The number of nitrogens with zero attached hydrogens (tertiary/aromatic N) is 9. The summed E-state index contributed by atoms with van der Waals surface area (Å²) in [5, 5.41) is 65.7. The normalized spacial score (nSPS) is 18.4. The van der Waals surface area contributed by atoms with Crippen LogP contribution in [0.5, 0.6) is 17.2 Å². The van der Waals surface area contributed by atoms with Crippen LogP contribution in [0.25, 0.3) is 10.4 Å². The molecule has 1 heterocycles. The Labute approximate surface area is 369 Å². The number of aliphatic hydroxyl groups is 3. The first kappa shape index (κ1) is 48.3. The number of rotatable bonds is 24. The summed E-state index contributed by atoms with van der Waals surface area (Å²) in [6, 6.07) is 23.4. The van der Waals surface area contributed by atoms with Crippen LogP contribution in [0, 0.1) is 10.1 Å². The summed E-state index contributed by atoms with van der Waals surface area (Å²) in [7, 11) is 4.92. The van der Waals surface area contributed by atoms with Crippen molar-refractivity contribution in [2.75, 3.05) is 59.0 Å². The molecular weight excluding hydrogens is 833 g/mol. The van der Waals surface area contributed by atoms with E-state index in [-0.39, 0.29) is 18.2 Å². The van der Waals surface area contributed by atoms with E-state index >= 15 is 0 Å². The number of hydrogen-bond donors (Lipinski definition) is 4. The largest absolute Gasteiger partial charge is 0.494 e. The standard InChI is InChI=1S/C43H52N10O11/c1-52(31-14-10-29(11-15-31)47-49-34-25-37(61-3)35(26-36(34)60-2)50-48-30-12-16-32(17-13-30)53(58)59)23-6-7-39(54)45-22-20-28-8-18-33(19-9-28)63-43-42(57)41(56)40(55)38(64-43)27-62-24-5-4-21-46-51-44/h8-19,25-26,38,40-43,55-57H,4-7,20-24,27H2,1-3H3,(H,45,54)/b49-47?,50-48+/t38-,40-,41+,42-,43-/m1/s1. The molecule has 5 atom stereocenters. The molecule has 64 heavy (non-hydrogen) atoms. The second-order valence-electron chi connectivity index (χ2n) is 14.5. The third-order valence-electron chi connectivity index (χ3n) is 10.00. The number of azide groups is 1. The number of non-ortho nitro benzene ring substituents is 1. The number of ether oxygens (including phenoxy) is 5. The molecule has 0 unspecified atom stereocenters. The quantitative estimate of drug-likeness (QED) is 0.0135. The van der Waals surface area contributed by atoms with Gasteiger partial charge in [-0.1, -0.05) is 17.2 Å². The molecule has 4 aromatic rings. The predicted octanol–water partition coefficient (Wildman–Crippen LogP) is 7.31. The van der Waals surface area contributed by atoms with E-state index in [9.17, 15) is 30.2 Å². The van der Waals surface area contributed by atoms with Gasteiger partial charge in [0.25, 0.3) is 5.69 Å². The van der Waals surface area contributed by atoms with E-state index in [0.717, 1.165) is 11.3 Å². The number of benzene rings is 4. The Bertz CT molecular complexity index is 2220. The van der Waals surface area contributed by atoms with E-state index < -0.39 is 35.6 Å². The Morgan fingerprint density at radius 1 is 0.859 bits per heavy atom. The fraction of sp³-hybridized carbons (Fsp3) is 0.419. The molecule has 1 saturated heterocycles. The Kier molecular flexibility index (Phi) is 18.7. The first-order valence-electron chi connectivity index (χ1n) is 20.4. The lowest BCUT2D eigenvalue weighted by molar-refractivity contribution is -0.384. The van der Waals surface area contributed by atoms with Crippen molar-refractivity contribution in [1.29, 1.82) is 0 Å². The number of hydrogen-bond acceptors (Lipinski definition) is 17. The third-order valence-corrected chi connectivity index (χ3v) is 10.00. The molecular formula is C43H52N10O11. The highest BCUT2D eigenvalue weighted by Crippen LogP contribution is 2.41. The van der Waals surface area contributed by atoms with Crippen molar-refractivity contribution in [3.8, 4) is 17.2 Å². The van der Waals surface area contributed by atoms with E-state index in [1.165, 1.54) is 38.5 Å². The molecule has 1 aliphatic heterocycles. The molecule has 4 N–H and O–H groups in total. The van der Waals surface area contributed by atoms with E-state index in [0.29, 0.717) is 98.3 Å². The van der Waals surface area contributed by atoms with Gasteiger partial charge in [-0.25, -0.2) is 0 Å². The lowest BCUT2D eigenvalue weighted by Crippen LogP contribution is -2.60. The summed E-state index contributed by atoms with van der Waals surface area (Å²) in [6.45, 7) is 1.75. The first-order chi connectivity index (χ1) is 31.0. The fourth-order valence-electron chi connectivity index (χ4n) is 6.35. The van der Waals surface area contributed by atoms with Gasteiger partial charge in [0.05, 0.1) is 37.1 Å². The summed E-state index contributed by atoms with van der Waals surface area (Å²) < 4.78 is 28.1. The number of carbonyl (C=O) groups excluding carboxylic acids is 1. The average Bonchev–Trinajstić information content (AvgIpc) is 3.31. The van der Waals surface area contributed by atoms with Gasteiger partial charge in [-0.15, -0.1) is 10.2 Å². The highest BCUT2D eigenvalue weighted by atomic mass is 16.7. The Balaban J connectivity index is 1.02. The molecule has 1 amide bonds. The molecule has 0 aliphatic carbocycles. The van der Waals surface area contributed by atoms with Crippen molar-refractivity contribution in [3.63, 3.8) is 0 Å². The van der Waals surface area contributed by atoms with Gasteiger partial charge in [-0.2, -0.15) is 10.2 Å². The van der Waals surface area contributed by atoms with E-state index in [1.54, 1.807) is 24.3 Å². The van der Waals surface area contributed by atoms with Crippen LogP contribution in [0.2, 0.25) is 0 Å². The number of methoxy groups -OCH3 is 2. The average molecular weight is 885 g/mol. The summed E-state index contributed by atoms with van der Waals surface area (Å²) in [5.41, 5.74) is 12.0. The number of nitro groups is 1. The van der Waals surface area contributed by atoms with E-state index in [4.69, 9.17) is 29.2 Å². The summed E-state index contributed by atoms with van der Waals surface area (Å²) in [4.78, 5) is 27.8. The Morgan fingerprint density at radius 3 is 2.08 bits per heavy atom. The Morgan fingerprint density at radius 2 is 1.48 bits per heavy atom. The van der Waals surface area contributed by atoms with Gasteiger partial charge in [0.2, 0.25) is 12.2 Å². The number of carbonyl (C=O) groups is 1. The maximum atomic E-state index is 12.6. The van der Waals surface area contributed by atoms with Gasteiger partial charge in [0.15, 0.2) is 0 Å². The Hall–Kier alpha value is -6.74. The SMILES string of the molecule is COc1cc(/N=N/c2ccc([N+](=O)[O-])cc2)c(OC)cc1N=Nc1ccc(N(C)CCCC(=O)NCCc2ccc(O[C@@H]3O[C@H](COCCCCN=[N+]=[N-])[C@@H](O)[C@H](O)[C@H]3O)cc2)cc1. The maximum absolute atomic E-state index is 12.6. The molecule has 1 aliphatic rings. The number of anilines is 1. The molecule has 0 saturated carbocycles. The van der Waals surface area contributed by atoms with Crippen LogP contribution in [0.3, 0.4) is 0 Å². The molecule has 0 spiro atoms. The zero-order chi connectivity index (χ0) is 45.8. The van der Waals surface area contributed by atoms with E-state index in [1.807, 2.05) is 48.3 Å². The van der Waals surface area contributed by atoms with E-state index in [2.05, 4.69) is 35.8 Å². The van der Waals surface area contributed by atoms with Crippen molar-refractivity contribution in [1.82, 2.24) is 5.32 Å². The first-order valence-corrected chi connectivity index (χ1v) is 20.4. The smallest absolute Gasteiger partial charge is 0.269 e. The third kappa shape index (κ3) is 14.4. The van der Waals surface area contributed by atoms with Crippen molar-refractivity contribution in [3.05, 3.63) is 111 Å². The number of aliphatic hydroxyl groups excluding tert-OH is 3. The fourth-order valence-corrected chi connectivity index (χ4v) is 6.35. The van der Waals surface area contributed by atoms with Gasteiger partial charge in [-0.3, -0.25) is 14.9 Å². The number of nitrogens with one attached hydrogen (secondary N) is 1. The number of nitro benzene ring substituents is 1. The summed E-state index contributed by atoms with van der Waals surface area (Å²) in [6.07, 6.45) is -3.70. The van der Waals surface area contributed by atoms with Gasteiger partial charge < -0.3 is 49.2 Å². The molecule has 1 fully saturated rings. The van der Waals surface area contributed by atoms with Crippen LogP contribution in [0.15, 0.2) is 111 Å². The second kappa shape index (κ2) is 24.8. The van der Waals surface area contributed by atoms with Crippen molar-refractivity contribution in [2.24, 2.45) is 25.6 Å². The minimum Gasteiger partial charge on any atom is -0.494 e. The summed E-state index contributed by atoms with van der Waals surface area (Å²) in [5.74, 6) is 1.07. The van der Waals surface area contributed by atoms with Crippen LogP contribution >= 0.6 is 0 Å². The van der Waals surface area contributed by atoms with Crippen LogP contribution in [0.1, 0.15) is 31.2 Å². The zero-order valence-corrected chi connectivity index (χ0v) is 35.7. The van der Waals surface area contributed by atoms with Crippen LogP contribution in [-0.2, 0) is 20.7 Å². The van der Waals surface area contributed by atoms with Crippen molar-refractivity contribution >= 4 is 40.0 Å². The van der Waals surface area contributed by atoms with Gasteiger partial charge in [-0.05, 0) is 85.3 Å². The molecule has 5 rings (SSSR count). The van der Waals surface area contributed by atoms with Crippen molar-refractivity contribution in [2.45, 2.75) is 62.8 Å². The van der Waals surface area contributed by atoms with Crippen LogP contribution < -0.4 is 24.4 Å². The van der Waals surface area contributed by atoms with Crippen molar-refractivity contribution < 1.29 is 48.7 Å². The lowest BCUT2D eigenvalue weighted by Gasteiger charge is -2.40. The topological polar surface area (TPSA) is 281 Å². The molecule has 4 aromatic carbocycles. The molecule has 0 aromatic heterocycles. The highest BCUT2D eigenvalue weighted by molar-refractivity contribution is 5.75. The van der Waals surface area contributed by atoms with Gasteiger partial charge >= 0.3 is 0 Å². The minimum atomic E-state index is -1.50. The maximum Gasteiger partial charge on any atom is 0.269 e. The number of azo groups is 2. The highest BCUT2D eigenvalue weighted by Gasteiger charge is 2.45. The lowest BCUT2D eigenvalue weighted by atomic mass is 9.99. The second-order valence-corrected chi connectivity index (χ2v) is 14.5.